The number of methoxy groups -OCH3 is 1. The van der Waals surface area contributed by atoms with E-state index in [4.69, 9.17) is 13.7 Å². The number of hydrogen-bond acceptors (Lipinski definition) is 6. The Hall–Kier alpha value is -3.00. The van der Waals surface area contributed by atoms with Crippen LogP contribution in [0, 0.1) is 5.82 Å². The predicted octanol–water partition coefficient (Wildman–Crippen LogP) is 3.68. The van der Waals surface area contributed by atoms with Gasteiger partial charge in [0.05, 0.1) is 17.2 Å². The van der Waals surface area contributed by atoms with Gasteiger partial charge in [0.1, 0.15) is 12.1 Å². The van der Waals surface area contributed by atoms with Crippen molar-refractivity contribution in [2.45, 2.75) is 24.7 Å². The highest BCUT2D eigenvalue weighted by atomic mass is 19.1. The number of ether oxygens (including phenoxy) is 1. The standard InChI is InChI=1S/C21H22FN3O4/c1-27-12-9-21(8-2-10-25(14-21)19(26)16-7-11-28-13-16)20-23-18(29-24-20)15-3-5-17(22)6-4-15/h3-7,11,13H,2,8-10,12,14H2,1H3. The normalized spacial score (nSPS) is 19.4. The van der Waals surface area contributed by atoms with Gasteiger partial charge in [-0.3, -0.25) is 4.79 Å². The molecule has 0 aliphatic carbocycles. The lowest BCUT2D eigenvalue weighted by molar-refractivity contribution is 0.0566. The first-order valence-corrected chi connectivity index (χ1v) is 9.52. The molecule has 1 unspecified atom stereocenters. The Morgan fingerprint density at radius 1 is 1.31 bits per heavy atom. The fraction of sp³-hybridized carbons (Fsp3) is 0.381. The average Bonchev–Trinajstić information content (AvgIpc) is 3.45. The molecule has 3 heterocycles. The van der Waals surface area contributed by atoms with Gasteiger partial charge < -0.3 is 18.6 Å². The third-order valence-corrected chi connectivity index (χ3v) is 5.41. The number of carbonyl (C=O) groups is 1. The van der Waals surface area contributed by atoms with Gasteiger partial charge in [-0.2, -0.15) is 4.98 Å². The molecule has 2 aromatic heterocycles. The van der Waals surface area contributed by atoms with Gasteiger partial charge in [0.25, 0.3) is 11.8 Å². The van der Waals surface area contributed by atoms with Crippen LogP contribution in [0.25, 0.3) is 11.5 Å². The van der Waals surface area contributed by atoms with Crippen LogP contribution in [0.5, 0.6) is 0 Å². The summed E-state index contributed by atoms with van der Waals surface area (Å²) in [5.41, 5.74) is 0.692. The molecule has 3 aromatic rings. The molecule has 1 aliphatic heterocycles. The van der Waals surface area contributed by atoms with E-state index in [1.54, 1.807) is 30.2 Å². The van der Waals surface area contributed by atoms with Gasteiger partial charge in [0, 0.05) is 32.4 Å². The van der Waals surface area contributed by atoms with E-state index in [2.05, 4.69) is 10.1 Å². The van der Waals surface area contributed by atoms with Gasteiger partial charge in [-0.1, -0.05) is 5.16 Å². The van der Waals surface area contributed by atoms with E-state index < -0.39 is 5.41 Å². The molecule has 0 bridgehead atoms. The first kappa shape index (κ1) is 19.3. The number of rotatable bonds is 6. The van der Waals surface area contributed by atoms with E-state index >= 15 is 0 Å². The largest absolute Gasteiger partial charge is 0.472 e. The number of likely N-dealkylation sites (tertiary alicyclic amines) is 1. The number of halogens is 1. The van der Waals surface area contributed by atoms with Gasteiger partial charge in [-0.25, -0.2) is 4.39 Å². The predicted molar refractivity (Wildman–Crippen MR) is 102 cm³/mol. The summed E-state index contributed by atoms with van der Waals surface area (Å²) in [5.74, 6) is 0.460. The number of aromatic nitrogens is 2. The summed E-state index contributed by atoms with van der Waals surface area (Å²) < 4.78 is 29.1. The third-order valence-electron chi connectivity index (χ3n) is 5.41. The molecule has 0 radical (unpaired) electrons. The Labute approximate surface area is 167 Å². The van der Waals surface area contributed by atoms with Crippen molar-refractivity contribution in [3.63, 3.8) is 0 Å². The van der Waals surface area contributed by atoms with Crippen LogP contribution < -0.4 is 0 Å². The van der Waals surface area contributed by atoms with Crippen molar-refractivity contribution in [3.05, 3.63) is 60.1 Å². The summed E-state index contributed by atoms with van der Waals surface area (Å²) in [6, 6.07) is 7.57. The van der Waals surface area contributed by atoms with Crippen molar-refractivity contribution in [2.24, 2.45) is 0 Å². The SMILES string of the molecule is COCCC1(c2noc(-c3ccc(F)cc3)n2)CCCN(C(=O)c2ccoc2)C1. The van der Waals surface area contributed by atoms with Crippen LogP contribution in [0.15, 0.2) is 51.8 Å². The molecule has 29 heavy (non-hydrogen) atoms. The zero-order valence-electron chi connectivity index (χ0n) is 16.1. The number of piperidine rings is 1. The van der Waals surface area contributed by atoms with E-state index in [0.717, 1.165) is 12.8 Å². The molecular formula is C21H22FN3O4. The Kier molecular flexibility index (Phi) is 5.44. The lowest BCUT2D eigenvalue weighted by Gasteiger charge is -2.40. The van der Waals surface area contributed by atoms with E-state index in [0.29, 0.717) is 49.0 Å². The number of amides is 1. The van der Waals surface area contributed by atoms with Crippen LogP contribution in [0.2, 0.25) is 0 Å². The second-order valence-corrected chi connectivity index (χ2v) is 7.30. The van der Waals surface area contributed by atoms with Gasteiger partial charge in [0.2, 0.25) is 0 Å². The first-order valence-electron chi connectivity index (χ1n) is 9.52. The van der Waals surface area contributed by atoms with Crippen LogP contribution >= 0.6 is 0 Å². The Bertz CT molecular complexity index is 955. The van der Waals surface area contributed by atoms with Crippen LogP contribution in [0.4, 0.5) is 4.39 Å². The lowest BCUT2D eigenvalue weighted by atomic mass is 9.76. The maximum absolute atomic E-state index is 13.2. The van der Waals surface area contributed by atoms with Crippen molar-refractivity contribution in [1.29, 1.82) is 0 Å². The highest BCUT2D eigenvalue weighted by Crippen LogP contribution is 2.37. The van der Waals surface area contributed by atoms with E-state index in [1.807, 2.05) is 0 Å². The summed E-state index contributed by atoms with van der Waals surface area (Å²) in [5, 5.41) is 4.23. The summed E-state index contributed by atoms with van der Waals surface area (Å²) in [4.78, 5) is 19.3. The van der Waals surface area contributed by atoms with Crippen LogP contribution in [0.1, 0.15) is 35.4 Å². The number of furan rings is 1. The van der Waals surface area contributed by atoms with Gasteiger partial charge in [-0.05, 0) is 49.6 Å². The summed E-state index contributed by atoms with van der Waals surface area (Å²) in [7, 11) is 1.64. The van der Waals surface area contributed by atoms with E-state index in [-0.39, 0.29) is 11.7 Å². The molecule has 4 rings (SSSR count). The van der Waals surface area contributed by atoms with Crippen molar-refractivity contribution in [2.75, 3.05) is 26.8 Å². The number of hydrogen-bond donors (Lipinski definition) is 0. The average molecular weight is 399 g/mol. The second kappa shape index (κ2) is 8.16. The van der Waals surface area contributed by atoms with Gasteiger partial charge >= 0.3 is 0 Å². The quantitative estimate of drug-likeness (QED) is 0.629. The molecule has 8 heteroatoms. The van der Waals surface area contributed by atoms with Crippen LogP contribution in [0.3, 0.4) is 0 Å². The number of carbonyl (C=O) groups excluding carboxylic acids is 1. The molecule has 1 atom stereocenters. The minimum atomic E-state index is -0.477. The molecular weight excluding hydrogens is 377 g/mol. The van der Waals surface area contributed by atoms with E-state index in [1.165, 1.54) is 24.7 Å². The zero-order valence-corrected chi connectivity index (χ0v) is 16.1. The first-order chi connectivity index (χ1) is 14.1. The summed E-state index contributed by atoms with van der Waals surface area (Å²) >= 11 is 0. The van der Waals surface area contributed by atoms with Crippen molar-refractivity contribution < 1.29 is 22.9 Å². The topological polar surface area (TPSA) is 81.6 Å². The minimum absolute atomic E-state index is 0.0810. The summed E-state index contributed by atoms with van der Waals surface area (Å²) in [6.07, 6.45) is 5.22. The molecule has 0 spiro atoms. The van der Waals surface area contributed by atoms with Crippen molar-refractivity contribution in [1.82, 2.24) is 15.0 Å². The highest BCUT2D eigenvalue weighted by Gasteiger charge is 2.42. The van der Waals surface area contributed by atoms with Crippen molar-refractivity contribution >= 4 is 5.91 Å². The molecule has 1 aromatic carbocycles. The lowest BCUT2D eigenvalue weighted by Crippen LogP contribution is -2.49. The van der Waals surface area contributed by atoms with Crippen molar-refractivity contribution in [3.8, 4) is 11.5 Å². The third kappa shape index (κ3) is 3.93. The highest BCUT2D eigenvalue weighted by molar-refractivity contribution is 5.94. The monoisotopic (exact) mass is 399 g/mol. The molecule has 0 N–H and O–H groups in total. The fourth-order valence-electron chi connectivity index (χ4n) is 3.82. The zero-order chi connectivity index (χ0) is 20.3. The number of nitrogens with zero attached hydrogens (tertiary/aromatic N) is 3. The summed E-state index contributed by atoms with van der Waals surface area (Å²) in [6.45, 7) is 1.62. The Morgan fingerprint density at radius 2 is 2.14 bits per heavy atom. The van der Waals surface area contributed by atoms with Gasteiger partial charge in [-0.15, -0.1) is 0 Å². The maximum Gasteiger partial charge on any atom is 0.257 e. The smallest absolute Gasteiger partial charge is 0.257 e. The molecule has 1 saturated heterocycles. The maximum atomic E-state index is 13.2. The minimum Gasteiger partial charge on any atom is -0.472 e. The molecule has 0 saturated carbocycles. The van der Waals surface area contributed by atoms with Crippen LogP contribution in [-0.2, 0) is 10.2 Å². The van der Waals surface area contributed by atoms with Crippen LogP contribution in [-0.4, -0.2) is 47.8 Å². The van der Waals surface area contributed by atoms with Gasteiger partial charge in [0.15, 0.2) is 5.82 Å². The molecule has 152 valence electrons. The fourth-order valence-corrected chi connectivity index (χ4v) is 3.82. The van der Waals surface area contributed by atoms with E-state index in [9.17, 15) is 9.18 Å². The Morgan fingerprint density at radius 3 is 2.86 bits per heavy atom. The molecule has 1 amide bonds. The molecule has 1 fully saturated rings. The molecule has 1 aliphatic rings. The number of benzene rings is 1. The Balaban J connectivity index is 1.63. The second-order valence-electron chi connectivity index (χ2n) is 7.30. The molecule has 7 nitrogen and oxygen atoms in total.